The number of rotatable bonds is 7. The zero-order valence-corrected chi connectivity index (χ0v) is 19.4. The van der Waals surface area contributed by atoms with E-state index in [1.54, 1.807) is 7.11 Å². The first-order valence-corrected chi connectivity index (χ1v) is 12.2. The molecule has 2 heterocycles. The number of piperazine rings is 1. The fourth-order valence-corrected chi connectivity index (χ4v) is 5.42. The number of carbonyl (C=O) groups excluding carboxylic acids is 1. The molecule has 1 aromatic carbocycles. The molecule has 2 fully saturated rings. The Labute approximate surface area is 195 Å². The highest BCUT2D eigenvalue weighted by Gasteiger charge is 2.30. The first-order valence-electron chi connectivity index (χ1n) is 12.2. The largest absolute Gasteiger partial charge is 0.501 e. The Bertz CT molecular complexity index is 1010. The summed E-state index contributed by atoms with van der Waals surface area (Å²) in [6.07, 6.45) is 9.86. The number of nitrogens with one attached hydrogen (secondary N) is 1. The van der Waals surface area contributed by atoms with Gasteiger partial charge in [0, 0.05) is 55.7 Å². The number of fused-ring (bicyclic) bond motifs is 1. The lowest BCUT2D eigenvalue weighted by molar-refractivity contribution is -0.108. The number of hydrogen-bond acceptors (Lipinski definition) is 7. The van der Waals surface area contributed by atoms with Gasteiger partial charge in [-0.05, 0) is 55.0 Å². The molecular formula is C26H33N5O2. The molecule has 7 nitrogen and oxygen atoms in total. The Hall–Kier alpha value is -2.93. The molecule has 1 aromatic heterocycles. The summed E-state index contributed by atoms with van der Waals surface area (Å²) >= 11 is 0. The summed E-state index contributed by atoms with van der Waals surface area (Å²) in [6.45, 7) is 4.24. The lowest BCUT2D eigenvalue weighted by Crippen LogP contribution is -2.46. The number of hydrogen-bond donors (Lipinski definition) is 1. The van der Waals surface area contributed by atoms with Gasteiger partial charge in [-0.2, -0.15) is 0 Å². The lowest BCUT2D eigenvalue weighted by Gasteiger charge is -2.35. The zero-order valence-electron chi connectivity index (χ0n) is 19.4. The molecule has 0 amide bonds. The third-order valence-electron chi connectivity index (χ3n) is 7.24. The van der Waals surface area contributed by atoms with Gasteiger partial charge >= 0.3 is 0 Å². The van der Waals surface area contributed by atoms with Crippen LogP contribution in [0.5, 0.6) is 0 Å². The highest BCUT2D eigenvalue weighted by molar-refractivity contribution is 5.72. The third kappa shape index (κ3) is 4.74. The second kappa shape index (κ2) is 9.91. The van der Waals surface area contributed by atoms with Crippen LogP contribution in [0, 0.1) is 5.92 Å². The van der Waals surface area contributed by atoms with E-state index in [9.17, 15) is 4.79 Å². The van der Waals surface area contributed by atoms with Gasteiger partial charge in [0.15, 0.2) is 0 Å². The Balaban J connectivity index is 1.30. The number of aldehydes is 1. The van der Waals surface area contributed by atoms with Gasteiger partial charge in [0.05, 0.1) is 19.3 Å². The van der Waals surface area contributed by atoms with E-state index in [2.05, 4.69) is 44.4 Å². The minimum atomic E-state index is 0.529. The third-order valence-corrected chi connectivity index (χ3v) is 7.24. The molecule has 0 bridgehead atoms. The van der Waals surface area contributed by atoms with Crippen LogP contribution in [-0.2, 0) is 16.0 Å². The highest BCUT2D eigenvalue weighted by Crippen LogP contribution is 2.42. The van der Waals surface area contributed by atoms with Crippen LogP contribution < -0.4 is 10.2 Å². The number of benzene rings is 1. The Morgan fingerprint density at radius 2 is 1.85 bits per heavy atom. The van der Waals surface area contributed by atoms with Gasteiger partial charge in [-0.1, -0.05) is 12.8 Å². The summed E-state index contributed by atoms with van der Waals surface area (Å²) in [6, 6.07) is 8.46. The van der Waals surface area contributed by atoms with E-state index in [0.29, 0.717) is 18.4 Å². The minimum absolute atomic E-state index is 0.529. The average Bonchev–Trinajstić information content (AvgIpc) is 3.39. The van der Waals surface area contributed by atoms with Crippen LogP contribution in [0.15, 0.2) is 36.2 Å². The van der Waals surface area contributed by atoms with E-state index in [4.69, 9.17) is 9.72 Å². The Kier molecular flexibility index (Phi) is 6.58. The fraction of sp³-hybridized carbons (Fsp3) is 0.500. The molecule has 33 heavy (non-hydrogen) atoms. The van der Waals surface area contributed by atoms with E-state index in [1.165, 1.54) is 42.5 Å². The van der Waals surface area contributed by atoms with Crippen LogP contribution in [-0.4, -0.2) is 61.0 Å². The van der Waals surface area contributed by atoms with E-state index >= 15 is 0 Å². The molecule has 174 valence electrons. The molecule has 0 unspecified atom stereocenters. The van der Waals surface area contributed by atoms with Gasteiger partial charge < -0.3 is 19.7 Å². The first-order chi connectivity index (χ1) is 16.2. The molecule has 2 aromatic rings. The van der Waals surface area contributed by atoms with Gasteiger partial charge in [-0.15, -0.1) is 0 Å². The summed E-state index contributed by atoms with van der Waals surface area (Å²) in [5.74, 6) is 2.29. The topological polar surface area (TPSA) is 70.6 Å². The first kappa shape index (κ1) is 21.9. The molecule has 1 N–H and O–H groups in total. The number of allylic oxidation sites excluding steroid dienone is 2. The molecule has 0 radical (unpaired) electrons. The summed E-state index contributed by atoms with van der Waals surface area (Å²) in [4.78, 5) is 24.9. The van der Waals surface area contributed by atoms with E-state index in [1.807, 2.05) is 6.20 Å². The van der Waals surface area contributed by atoms with E-state index in [-0.39, 0.29) is 0 Å². The maximum atomic E-state index is 10.7. The van der Waals surface area contributed by atoms with Crippen LogP contribution in [0.1, 0.15) is 43.4 Å². The van der Waals surface area contributed by atoms with Crippen LogP contribution in [0.3, 0.4) is 0 Å². The van der Waals surface area contributed by atoms with Crippen molar-refractivity contribution in [2.75, 3.05) is 50.1 Å². The molecule has 1 saturated heterocycles. The monoisotopic (exact) mass is 447 g/mol. The maximum absolute atomic E-state index is 10.7. The van der Waals surface area contributed by atoms with Gasteiger partial charge in [0.2, 0.25) is 5.95 Å². The van der Waals surface area contributed by atoms with Crippen LogP contribution in [0.4, 0.5) is 17.3 Å². The number of anilines is 3. The van der Waals surface area contributed by atoms with Gasteiger partial charge in [-0.3, -0.25) is 4.90 Å². The van der Waals surface area contributed by atoms with Crippen molar-refractivity contribution in [3.63, 3.8) is 0 Å². The predicted molar refractivity (Wildman–Crippen MR) is 131 cm³/mol. The molecule has 1 saturated carbocycles. The number of aromatic nitrogens is 2. The Morgan fingerprint density at radius 1 is 1.09 bits per heavy atom. The molecule has 1 aliphatic heterocycles. The lowest BCUT2D eigenvalue weighted by atomic mass is 9.85. The van der Waals surface area contributed by atoms with Crippen molar-refractivity contribution in [1.82, 2.24) is 14.9 Å². The van der Waals surface area contributed by atoms with E-state index in [0.717, 1.165) is 62.4 Å². The molecular weight excluding hydrogens is 414 g/mol. The number of ether oxygens (including phenoxy) is 1. The van der Waals surface area contributed by atoms with Crippen LogP contribution >= 0.6 is 0 Å². The molecule has 0 spiro atoms. The average molecular weight is 448 g/mol. The number of methoxy groups -OCH3 is 1. The number of aryl methyl sites for hydroxylation is 1. The second-order valence-electron chi connectivity index (χ2n) is 9.22. The molecule has 2 aliphatic carbocycles. The SMILES string of the molecule is COC1=C(C2CCCC2)c2nc(Nc3ccc(N4CCN(CC=O)CC4)cc3)ncc2CC1. The van der Waals surface area contributed by atoms with E-state index < -0.39 is 0 Å². The Morgan fingerprint density at radius 3 is 2.55 bits per heavy atom. The minimum Gasteiger partial charge on any atom is -0.501 e. The van der Waals surface area contributed by atoms with Crippen LogP contribution in [0.25, 0.3) is 5.57 Å². The predicted octanol–water partition coefficient (Wildman–Crippen LogP) is 4.04. The smallest absolute Gasteiger partial charge is 0.227 e. The van der Waals surface area contributed by atoms with Crippen molar-refractivity contribution in [2.45, 2.75) is 38.5 Å². The van der Waals surface area contributed by atoms with Crippen molar-refractivity contribution in [2.24, 2.45) is 5.92 Å². The summed E-state index contributed by atoms with van der Waals surface area (Å²) < 4.78 is 5.80. The fourth-order valence-electron chi connectivity index (χ4n) is 5.42. The van der Waals surface area contributed by atoms with Crippen LogP contribution in [0.2, 0.25) is 0 Å². The number of nitrogens with zero attached hydrogens (tertiary/aromatic N) is 4. The van der Waals surface area contributed by atoms with Crippen molar-refractivity contribution < 1.29 is 9.53 Å². The number of carbonyl (C=O) groups is 1. The molecule has 0 atom stereocenters. The standard InChI is InChI=1S/C26H33N5O2/c1-33-23-11-6-20-18-27-26(29-25(20)24(23)19-4-2-3-5-19)28-21-7-9-22(10-8-21)31-14-12-30(13-15-31)16-17-32/h7-10,17-19H,2-6,11-16H2,1H3,(H,27,28,29). The molecule has 5 rings (SSSR count). The summed E-state index contributed by atoms with van der Waals surface area (Å²) in [5.41, 5.74) is 5.80. The van der Waals surface area contributed by atoms with Gasteiger partial charge in [0.25, 0.3) is 0 Å². The normalized spacial score (nSPS) is 19.5. The zero-order chi connectivity index (χ0) is 22.6. The van der Waals surface area contributed by atoms with Crippen molar-refractivity contribution in [3.8, 4) is 0 Å². The summed E-state index contributed by atoms with van der Waals surface area (Å²) in [5, 5.41) is 3.40. The van der Waals surface area contributed by atoms with Gasteiger partial charge in [-0.25, -0.2) is 9.97 Å². The quantitative estimate of drug-likeness (QED) is 0.643. The van der Waals surface area contributed by atoms with Crippen molar-refractivity contribution in [1.29, 1.82) is 0 Å². The highest BCUT2D eigenvalue weighted by atomic mass is 16.5. The van der Waals surface area contributed by atoms with Crippen molar-refractivity contribution >= 4 is 29.2 Å². The second-order valence-corrected chi connectivity index (χ2v) is 9.22. The maximum Gasteiger partial charge on any atom is 0.227 e. The van der Waals surface area contributed by atoms with Gasteiger partial charge in [0.1, 0.15) is 12.0 Å². The summed E-state index contributed by atoms with van der Waals surface area (Å²) in [7, 11) is 1.79. The molecule has 7 heteroatoms. The van der Waals surface area contributed by atoms with Crippen molar-refractivity contribution in [3.05, 3.63) is 47.5 Å². The molecule has 3 aliphatic rings.